The van der Waals surface area contributed by atoms with Gasteiger partial charge in [-0.2, -0.15) is 14.0 Å². The van der Waals surface area contributed by atoms with Crippen LogP contribution in [0.25, 0.3) is 0 Å². The molecule has 1 atom stereocenters. The lowest BCUT2D eigenvalue weighted by Crippen LogP contribution is -3.05. The van der Waals surface area contributed by atoms with Crippen molar-refractivity contribution in [2.75, 3.05) is 7.05 Å². The average molecular weight is 433 g/mol. The third-order valence-electron chi connectivity index (χ3n) is 2.08. The summed E-state index contributed by atoms with van der Waals surface area (Å²) < 4.78 is 6.27. The molecule has 0 aromatic carbocycles. The van der Waals surface area contributed by atoms with E-state index in [2.05, 4.69) is 77.6 Å². The summed E-state index contributed by atoms with van der Waals surface area (Å²) in [4.78, 5) is 1.33. The Labute approximate surface area is 113 Å². The molecule has 0 amide bonds. The fraction of sp³-hybridized carbons (Fsp3) is 0.333. The minimum absolute atomic E-state index is 0.946. The van der Waals surface area contributed by atoms with Crippen molar-refractivity contribution in [3.63, 3.8) is 0 Å². The summed E-state index contributed by atoms with van der Waals surface area (Å²) in [7, 11) is 4.07. The molecule has 2 rings (SSSR count). The van der Waals surface area contributed by atoms with E-state index < -0.39 is 0 Å². The number of hydrogen-bond donors (Lipinski definition) is 1. The van der Waals surface area contributed by atoms with Crippen LogP contribution in [0.5, 0.6) is 0 Å². The maximum atomic E-state index is 2.16. The van der Waals surface area contributed by atoms with Gasteiger partial charge in [0.25, 0.3) is 0 Å². The van der Waals surface area contributed by atoms with Gasteiger partial charge in [-0.3, -0.25) is 0 Å². The molecule has 0 fully saturated rings. The van der Waals surface area contributed by atoms with Crippen LogP contribution in [-0.2, 0) is 13.7 Å². The minimum atomic E-state index is 0.946. The van der Waals surface area contributed by atoms with Gasteiger partial charge in [0.2, 0.25) is 19.2 Å². The molecular weight excluding hydrogens is 418 g/mol. The van der Waals surface area contributed by atoms with Gasteiger partial charge in [0, 0.05) is 37.2 Å². The number of nitrogens with one attached hydrogen (secondary N) is 1. The first-order valence-electron chi connectivity index (χ1n) is 4.50. The van der Waals surface area contributed by atoms with Crippen molar-refractivity contribution < 1.29 is 14.0 Å². The summed E-state index contributed by atoms with van der Waals surface area (Å²) in [5.41, 5.74) is 0. The van der Waals surface area contributed by atoms with Crippen molar-refractivity contribution in [1.82, 2.24) is 4.57 Å². The number of rotatable bonds is 2. The Bertz CT molecular complexity index is 370. The lowest BCUT2D eigenvalue weighted by Gasteiger charge is -1.97. The first-order chi connectivity index (χ1) is 7.24. The SMILES string of the molecule is C[N+]1=C[NH+](Cn2cc[n+](C)c2)C=C1.II. The van der Waals surface area contributed by atoms with Crippen molar-refractivity contribution >= 4 is 43.6 Å². The van der Waals surface area contributed by atoms with Crippen LogP contribution >= 0.6 is 37.2 Å². The van der Waals surface area contributed by atoms with Crippen LogP contribution in [0.1, 0.15) is 0 Å². The van der Waals surface area contributed by atoms with Crippen molar-refractivity contribution in [2.45, 2.75) is 6.67 Å². The molecule has 1 aromatic rings. The highest BCUT2D eigenvalue weighted by Crippen LogP contribution is 1.89. The topological polar surface area (TPSA) is 16.3 Å². The zero-order valence-electron chi connectivity index (χ0n) is 8.77. The van der Waals surface area contributed by atoms with E-state index in [1.807, 2.05) is 24.9 Å². The van der Waals surface area contributed by atoms with Gasteiger partial charge >= 0.3 is 6.34 Å². The Morgan fingerprint density at radius 2 is 2.07 bits per heavy atom. The molecule has 2 heterocycles. The fourth-order valence-corrected chi connectivity index (χ4v) is 1.46. The second-order valence-corrected chi connectivity index (χ2v) is 3.44. The third-order valence-corrected chi connectivity index (χ3v) is 2.08. The normalized spacial score (nSPS) is 18.4. The van der Waals surface area contributed by atoms with Crippen molar-refractivity contribution in [3.05, 3.63) is 31.1 Å². The van der Waals surface area contributed by atoms with Crippen molar-refractivity contribution in [2.24, 2.45) is 7.05 Å². The summed E-state index contributed by atoms with van der Waals surface area (Å²) in [5, 5.41) is 0. The maximum Gasteiger partial charge on any atom is 0.338 e. The molecule has 1 N–H and O–H groups in total. The Hall–Kier alpha value is 0.0400. The molecule has 15 heavy (non-hydrogen) atoms. The molecular formula is C9H15I2N4+3. The first kappa shape index (κ1) is 13.1. The van der Waals surface area contributed by atoms with Crippen LogP contribution in [0, 0.1) is 0 Å². The van der Waals surface area contributed by atoms with Crippen molar-refractivity contribution in [1.29, 1.82) is 0 Å². The number of aryl methyl sites for hydroxylation is 1. The van der Waals surface area contributed by atoms with Crippen LogP contribution in [-0.4, -0.2) is 22.5 Å². The van der Waals surface area contributed by atoms with Gasteiger partial charge in [0.1, 0.15) is 19.4 Å². The van der Waals surface area contributed by atoms with Gasteiger partial charge in [-0.25, -0.2) is 4.57 Å². The molecule has 1 aliphatic rings. The molecule has 0 aliphatic carbocycles. The molecule has 0 saturated carbocycles. The first-order valence-corrected chi connectivity index (χ1v) is 10.8. The minimum Gasteiger partial charge on any atom is -0.239 e. The van der Waals surface area contributed by atoms with E-state index in [1.165, 1.54) is 4.90 Å². The van der Waals surface area contributed by atoms with Gasteiger partial charge in [0.05, 0.1) is 7.05 Å². The van der Waals surface area contributed by atoms with Gasteiger partial charge < -0.3 is 0 Å². The number of hydrogen-bond acceptors (Lipinski definition) is 0. The molecule has 0 spiro atoms. The zero-order chi connectivity index (χ0) is 11.3. The summed E-state index contributed by atoms with van der Waals surface area (Å²) >= 11 is 4.24. The average Bonchev–Trinajstić information content (AvgIpc) is 2.80. The van der Waals surface area contributed by atoms with Gasteiger partial charge in [-0.15, -0.1) is 0 Å². The highest BCUT2D eigenvalue weighted by molar-refractivity contribution is 15.0. The van der Waals surface area contributed by atoms with Crippen LogP contribution < -0.4 is 9.47 Å². The molecule has 1 aromatic heterocycles. The highest BCUT2D eigenvalue weighted by atomic mass is 128. The van der Waals surface area contributed by atoms with E-state index in [0.717, 1.165) is 6.67 Å². The predicted molar refractivity (Wildman–Crippen MR) is 76.0 cm³/mol. The number of quaternary nitrogens is 1. The second kappa shape index (κ2) is 6.59. The number of imidazole rings is 1. The van der Waals surface area contributed by atoms with E-state index in [-0.39, 0.29) is 0 Å². The van der Waals surface area contributed by atoms with Crippen molar-refractivity contribution in [3.8, 4) is 0 Å². The lowest BCUT2D eigenvalue weighted by molar-refractivity contribution is -0.776. The molecule has 6 heteroatoms. The standard InChI is InChI=1S/C9H14N4.I2/c1-10-3-5-12(7-10)9-13-6-4-11(2)8-13;1-2/h3-8H,9H2,1-2H3;/q+2;/p+1. The third kappa shape index (κ3) is 4.19. The van der Waals surface area contributed by atoms with Crippen LogP contribution in [0.3, 0.4) is 0 Å². The van der Waals surface area contributed by atoms with E-state index >= 15 is 0 Å². The quantitative estimate of drug-likeness (QED) is 0.503. The Morgan fingerprint density at radius 3 is 2.53 bits per heavy atom. The number of nitrogens with zero attached hydrogens (tertiary/aromatic N) is 3. The molecule has 0 saturated heterocycles. The fourth-order valence-electron chi connectivity index (χ4n) is 1.46. The van der Waals surface area contributed by atoms with Crippen LogP contribution in [0.2, 0.25) is 0 Å². The van der Waals surface area contributed by atoms with Gasteiger partial charge in [0.15, 0.2) is 6.20 Å². The van der Waals surface area contributed by atoms with E-state index in [9.17, 15) is 0 Å². The summed E-state index contributed by atoms with van der Waals surface area (Å²) in [6, 6.07) is 0. The molecule has 1 unspecified atom stereocenters. The number of halogens is 2. The predicted octanol–water partition coefficient (Wildman–Crippen LogP) is 0.0818. The molecule has 4 nitrogen and oxygen atoms in total. The second-order valence-electron chi connectivity index (χ2n) is 3.44. The molecule has 82 valence electrons. The summed E-state index contributed by atoms with van der Waals surface area (Å²) in [6.07, 6.45) is 12.5. The van der Waals surface area contributed by atoms with Gasteiger partial charge in [-0.1, -0.05) is 0 Å². The Morgan fingerprint density at radius 1 is 1.33 bits per heavy atom. The molecule has 1 aliphatic heterocycles. The maximum absolute atomic E-state index is 2.16. The van der Waals surface area contributed by atoms with E-state index in [4.69, 9.17) is 0 Å². The lowest BCUT2D eigenvalue weighted by atomic mass is 10.7. The molecule has 0 radical (unpaired) electrons. The van der Waals surface area contributed by atoms with E-state index in [1.54, 1.807) is 0 Å². The highest BCUT2D eigenvalue weighted by Gasteiger charge is 2.16. The summed E-state index contributed by atoms with van der Waals surface area (Å²) in [5.74, 6) is 0. The van der Waals surface area contributed by atoms with Crippen LogP contribution in [0.4, 0.5) is 0 Å². The zero-order valence-corrected chi connectivity index (χ0v) is 13.1. The smallest absolute Gasteiger partial charge is 0.239 e. The largest absolute Gasteiger partial charge is 0.338 e. The van der Waals surface area contributed by atoms with E-state index in [0.29, 0.717) is 0 Å². The Balaban J connectivity index is 0.000000531. The van der Waals surface area contributed by atoms with Crippen LogP contribution in [0.15, 0.2) is 31.1 Å². The van der Waals surface area contributed by atoms with Gasteiger partial charge in [-0.05, 0) is 0 Å². The monoisotopic (exact) mass is 433 g/mol. The Kier molecular flexibility index (Phi) is 5.75. The summed E-state index contributed by atoms with van der Waals surface area (Å²) in [6.45, 7) is 0.946. The molecule has 0 bridgehead atoms. The number of aromatic nitrogens is 2.